The molecule has 1 aliphatic rings. The van der Waals surface area contributed by atoms with Crippen LogP contribution in [0.1, 0.15) is 33.4 Å². The summed E-state index contributed by atoms with van der Waals surface area (Å²) in [5, 5.41) is 4.64. The molecule has 26 heavy (non-hydrogen) atoms. The van der Waals surface area contributed by atoms with Crippen molar-refractivity contribution in [2.45, 2.75) is 38.0 Å². The summed E-state index contributed by atoms with van der Waals surface area (Å²) >= 11 is 0. The summed E-state index contributed by atoms with van der Waals surface area (Å²) in [5.74, 6) is 0. The summed E-state index contributed by atoms with van der Waals surface area (Å²) in [5.41, 5.74) is 1.10. The zero-order valence-corrected chi connectivity index (χ0v) is 16.8. The van der Waals surface area contributed by atoms with Crippen LogP contribution in [0.15, 0.2) is 41.4 Å². The van der Waals surface area contributed by atoms with Crippen molar-refractivity contribution in [1.82, 2.24) is 19.0 Å². The van der Waals surface area contributed by atoms with Crippen LogP contribution in [0, 0.1) is 0 Å². The number of para-hydroxylation sites is 1. The average molecular weight is 377 g/mol. The zero-order valence-electron chi connectivity index (χ0n) is 16.0. The Morgan fingerprint density at radius 2 is 1.65 bits per heavy atom. The van der Waals surface area contributed by atoms with Gasteiger partial charge in [-0.25, -0.2) is 13.1 Å². The molecule has 2 heterocycles. The van der Waals surface area contributed by atoms with Gasteiger partial charge >= 0.3 is 0 Å². The number of sulfonamides is 1. The Morgan fingerprint density at radius 1 is 1.04 bits per heavy atom. The number of benzene rings is 1. The normalized spacial score (nSPS) is 17.5. The standard InChI is InChI=1S/C19H28N4O2S/c1-5-21-11-13-22(14-12-21)26(24,25)17-15-23(16-9-7-6-8-10-16)20-18(17)19(2,3)4/h6-10,15H,5,11-14H2,1-4H3. The van der Waals surface area contributed by atoms with Gasteiger partial charge in [0.2, 0.25) is 10.0 Å². The Hall–Kier alpha value is -1.70. The molecule has 6 nitrogen and oxygen atoms in total. The minimum atomic E-state index is -3.57. The second kappa shape index (κ2) is 7.13. The molecule has 1 saturated heterocycles. The van der Waals surface area contributed by atoms with Crippen LogP contribution in [0.5, 0.6) is 0 Å². The third kappa shape index (κ3) is 3.70. The quantitative estimate of drug-likeness (QED) is 0.823. The maximum absolute atomic E-state index is 13.3. The molecule has 1 fully saturated rings. The highest BCUT2D eigenvalue weighted by Crippen LogP contribution is 2.31. The zero-order chi connectivity index (χ0) is 18.9. The van der Waals surface area contributed by atoms with Crippen molar-refractivity contribution >= 4 is 10.0 Å². The van der Waals surface area contributed by atoms with E-state index in [1.807, 2.05) is 51.1 Å². The molecule has 0 spiro atoms. The van der Waals surface area contributed by atoms with Gasteiger partial charge in [-0.1, -0.05) is 45.9 Å². The van der Waals surface area contributed by atoms with Crippen molar-refractivity contribution in [3.8, 4) is 5.69 Å². The Morgan fingerprint density at radius 3 is 2.19 bits per heavy atom. The second-order valence-corrected chi connectivity index (χ2v) is 9.62. The molecule has 3 rings (SSSR count). The summed E-state index contributed by atoms with van der Waals surface area (Å²) in [6, 6.07) is 9.63. The summed E-state index contributed by atoms with van der Waals surface area (Å²) in [6.07, 6.45) is 1.66. The van der Waals surface area contributed by atoms with Gasteiger partial charge in [-0.2, -0.15) is 9.40 Å². The van der Waals surface area contributed by atoms with Gasteiger partial charge in [-0.3, -0.25) is 0 Å². The fraction of sp³-hybridized carbons (Fsp3) is 0.526. The van der Waals surface area contributed by atoms with E-state index in [0.29, 0.717) is 23.7 Å². The summed E-state index contributed by atoms with van der Waals surface area (Å²) in [6.45, 7) is 11.6. The third-order valence-corrected chi connectivity index (χ3v) is 6.71. The summed E-state index contributed by atoms with van der Waals surface area (Å²) in [7, 11) is -3.57. The highest BCUT2D eigenvalue weighted by atomic mass is 32.2. The van der Waals surface area contributed by atoms with Crippen LogP contribution < -0.4 is 0 Å². The number of likely N-dealkylation sites (N-methyl/N-ethyl adjacent to an activating group) is 1. The number of piperazine rings is 1. The van der Waals surface area contributed by atoms with Gasteiger partial charge in [0, 0.05) is 31.6 Å². The fourth-order valence-electron chi connectivity index (χ4n) is 3.20. The maximum atomic E-state index is 13.3. The van der Waals surface area contributed by atoms with Gasteiger partial charge in [0.25, 0.3) is 0 Å². The van der Waals surface area contributed by atoms with Crippen LogP contribution in [-0.2, 0) is 15.4 Å². The monoisotopic (exact) mass is 376 g/mol. The number of nitrogens with zero attached hydrogens (tertiary/aromatic N) is 4. The molecule has 0 aliphatic carbocycles. The van der Waals surface area contributed by atoms with Gasteiger partial charge in [-0.15, -0.1) is 0 Å². The smallest absolute Gasteiger partial charge is 0.246 e. The predicted octanol–water partition coefficient (Wildman–Crippen LogP) is 2.50. The van der Waals surface area contributed by atoms with Gasteiger partial charge in [0.1, 0.15) is 4.90 Å². The predicted molar refractivity (Wildman–Crippen MR) is 103 cm³/mol. The molecule has 2 aromatic rings. The molecular weight excluding hydrogens is 348 g/mol. The van der Waals surface area contributed by atoms with Crippen LogP contribution in [-0.4, -0.2) is 60.1 Å². The maximum Gasteiger partial charge on any atom is 0.246 e. The van der Waals surface area contributed by atoms with E-state index in [1.54, 1.807) is 15.2 Å². The van der Waals surface area contributed by atoms with E-state index in [0.717, 1.165) is 25.3 Å². The first-order valence-corrected chi connectivity index (χ1v) is 10.6. The molecule has 1 aromatic heterocycles. The van der Waals surface area contributed by atoms with Gasteiger partial charge in [0.15, 0.2) is 0 Å². The lowest BCUT2D eigenvalue weighted by Crippen LogP contribution is -2.48. The SMILES string of the molecule is CCN1CCN(S(=O)(=O)c2cn(-c3ccccc3)nc2C(C)(C)C)CC1. The Balaban J connectivity index is 2.01. The van der Waals surface area contributed by atoms with Crippen LogP contribution in [0.3, 0.4) is 0 Å². The van der Waals surface area contributed by atoms with Crippen LogP contribution in [0.25, 0.3) is 5.69 Å². The lowest BCUT2D eigenvalue weighted by atomic mass is 9.92. The molecule has 0 radical (unpaired) electrons. The second-order valence-electron chi connectivity index (χ2n) is 7.71. The fourth-order valence-corrected chi connectivity index (χ4v) is 4.95. The lowest BCUT2D eigenvalue weighted by Gasteiger charge is -2.33. The number of aromatic nitrogens is 2. The third-order valence-electron chi connectivity index (χ3n) is 4.81. The number of hydrogen-bond donors (Lipinski definition) is 0. The van der Waals surface area contributed by atoms with E-state index >= 15 is 0 Å². The largest absolute Gasteiger partial charge is 0.301 e. The first-order chi connectivity index (χ1) is 12.2. The van der Waals surface area contributed by atoms with Crippen molar-refractivity contribution in [2.24, 2.45) is 0 Å². The topological polar surface area (TPSA) is 58.4 Å². The van der Waals surface area contributed by atoms with Gasteiger partial charge in [0.05, 0.1) is 17.6 Å². The minimum Gasteiger partial charge on any atom is -0.301 e. The molecule has 0 saturated carbocycles. The number of hydrogen-bond acceptors (Lipinski definition) is 4. The van der Waals surface area contributed by atoms with E-state index in [9.17, 15) is 8.42 Å². The van der Waals surface area contributed by atoms with Crippen LogP contribution in [0.2, 0.25) is 0 Å². The molecule has 1 aromatic carbocycles. The number of rotatable bonds is 4. The van der Waals surface area contributed by atoms with E-state index in [2.05, 4.69) is 16.9 Å². The molecule has 0 unspecified atom stereocenters. The van der Waals surface area contributed by atoms with Crippen molar-refractivity contribution in [3.05, 3.63) is 42.2 Å². The first kappa shape index (κ1) is 19.1. The summed E-state index contributed by atoms with van der Waals surface area (Å²) in [4.78, 5) is 2.59. The van der Waals surface area contributed by atoms with Crippen LogP contribution >= 0.6 is 0 Å². The highest BCUT2D eigenvalue weighted by molar-refractivity contribution is 7.89. The van der Waals surface area contributed by atoms with Crippen molar-refractivity contribution < 1.29 is 8.42 Å². The molecule has 1 aliphatic heterocycles. The van der Waals surface area contributed by atoms with Crippen molar-refractivity contribution in [2.75, 3.05) is 32.7 Å². The molecule has 0 bridgehead atoms. The molecular formula is C19H28N4O2S. The van der Waals surface area contributed by atoms with E-state index in [4.69, 9.17) is 0 Å². The molecule has 7 heteroatoms. The van der Waals surface area contributed by atoms with E-state index in [1.165, 1.54) is 0 Å². The Labute approximate surface area is 156 Å². The Bertz CT molecular complexity index is 845. The molecule has 142 valence electrons. The molecule has 0 N–H and O–H groups in total. The van der Waals surface area contributed by atoms with Crippen LogP contribution in [0.4, 0.5) is 0 Å². The summed E-state index contributed by atoms with van der Waals surface area (Å²) < 4.78 is 30.0. The lowest BCUT2D eigenvalue weighted by molar-refractivity contribution is 0.196. The average Bonchev–Trinajstić information content (AvgIpc) is 3.09. The van der Waals surface area contributed by atoms with E-state index in [-0.39, 0.29) is 5.41 Å². The van der Waals surface area contributed by atoms with E-state index < -0.39 is 10.0 Å². The minimum absolute atomic E-state index is 0.318. The Kier molecular flexibility index (Phi) is 5.23. The van der Waals surface area contributed by atoms with Gasteiger partial charge < -0.3 is 4.90 Å². The van der Waals surface area contributed by atoms with Crippen molar-refractivity contribution in [1.29, 1.82) is 0 Å². The molecule has 0 atom stereocenters. The first-order valence-electron chi connectivity index (χ1n) is 9.11. The highest BCUT2D eigenvalue weighted by Gasteiger charge is 2.35. The molecule has 0 amide bonds. The van der Waals surface area contributed by atoms with Gasteiger partial charge in [-0.05, 0) is 18.7 Å². The van der Waals surface area contributed by atoms with Crippen molar-refractivity contribution in [3.63, 3.8) is 0 Å².